The summed E-state index contributed by atoms with van der Waals surface area (Å²) in [7, 11) is 2.21. The molecule has 2 rings (SSSR count). The molecule has 0 amide bonds. The Hall–Kier alpha value is -1.40. The molecule has 0 atom stereocenters. The lowest BCUT2D eigenvalue weighted by molar-refractivity contribution is 0.254. The van der Waals surface area contributed by atoms with Crippen LogP contribution in [0.4, 0.5) is 11.6 Å². The summed E-state index contributed by atoms with van der Waals surface area (Å²) in [6, 6.07) is 0.756. The van der Waals surface area contributed by atoms with E-state index in [2.05, 4.69) is 32.7 Å². The Morgan fingerprint density at radius 2 is 1.85 bits per heavy atom. The number of nitrogens with zero attached hydrogens (tertiary/aromatic N) is 3. The monoisotopic (exact) mass is 278 g/mol. The van der Waals surface area contributed by atoms with Crippen LogP contribution in [0.1, 0.15) is 37.1 Å². The molecule has 1 heterocycles. The number of anilines is 2. The quantitative estimate of drug-likeness (QED) is 0.542. The Kier molecular flexibility index (Phi) is 5.14. The van der Waals surface area contributed by atoms with Crippen LogP contribution < -0.4 is 16.6 Å². The van der Waals surface area contributed by atoms with Gasteiger partial charge in [-0.25, -0.2) is 15.8 Å². The van der Waals surface area contributed by atoms with Crippen LogP contribution in [0, 0.1) is 13.8 Å². The Bertz CT molecular complexity index is 442. The van der Waals surface area contributed by atoms with Gasteiger partial charge in [-0.3, -0.25) is 0 Å². The van der Waals surface area contributed by atoms with Gasteiger partial charge in [0.2, 0.25) is 0 Å². The minimum atomic E-state index is 0.684. The second-order valence-corrected chi connectivity index (χ2v) is 5.58. The largest absolute Gasteiger partial charge is 0.368 e. The highest BCUT2D eigenvalue weighted by Gasteiger charge is 2.19. The van der Waals surface area contributed by atoms with Crippen LogP contribution in [0.3, 0.4) is 0 Å². The fourth-order valence-corrected chi connectivity index (χ4v) is 2.82. The van der Waals surface area contributed by atoms with Gasteiger partial charge in [-0.15, -0.1) is 0 Å². The van der Waals surface area contributed by atoms with Crippen LogP contribution in [0.5, 0.6) is 0 Å². The van der Waals surface area contributed by atoms with E-state index in [-0.39, 0.29) is 0 Å². The highest BCUT2D eigenvalue weighted by atomic mass is 15.3. The molecule has 112 valence electrons. The summed E-state index contributed by atoms with van der Waals surface area (Å²) in [6.45, 7) is 5.75. The number of hydrogen-bond acceptors (Lipinski definition) is 6. The van der Waals surface area contributed by atoms with E-state index in [0.29, 0.717) is 5.82 Å². The van der Waals surface area contributed by atoms with Gasteiger partial charge in [-0.1, -0.05) is 12.8 Å². The average molecular weight is 278 g/mol. The summed E-state index contributed by atoms with van der Waals surface area (Å²) in [5, 5.41) is 3.39. The first-order valence-electron chi connectivity index (χ1n) is 7.37. The van der Waals surface area contributed by atoms with Crippen LogP contribution in [0.25, 0.3) is 0 Å². The van der Waals surface area contributed by atoms with E-state index in [1.165, 1.54) is 25.7 Å². The van der Waals surface area contributed by atoms with Crippen molar-refractivity contribution in [1.82, 2.24) is 14.9 Å². The van der Waals surface area contributed by atoms with E-state index in [9.17, 15) is 0 Å². The number of aromatic nitrogens is 2. The molecule has 6 nitrogen and oxygen atoms in total. The van der Waals surface area contributed by atoms with Gasteiger partial charge in [0.25, 0.3) is 0 Å². The lowest BCUT2D eigenvalue weighted by atomic mass is 10.2. The van der Waals surface area contributed by atoms with Crippen LogP contribution in [-0.2, 0) is 0 Å². The molecule has 0 aromatic carbocycles. The van der Waals surface area contributed by atoms with E-state index >= 15 is 0 Å². The lowest BCUT2D eigenvalue weighted by Gasteiger charge is -2.24. The molecule has 0 radical (unpaired) electrons. The fourth-order valence-electron chi connectivity index (χ4n) is 2.82. The topological polar surface area (TPSA) is 79.1 Å². The molecule has 0 unspecified atom stereocenters. The molecule has 0 saturated heterocycles. The number of likely N-dealkylation sites (N-methyl/N-ethyl adjacent to an activating group) is 1. The van der Waals surface area contributed by atoms with E-state index < -0.39 is 0 Å². The zero-order valence-electron chi connectivity index (χ0n) is 12.7. The molecule has 1 aromatic heterocycles. The molecular formula is C14H26N6. The molecule has 0 bridgehead atoms. The molecule has 1 fully saturated rings. The Morgan fingerprint density at radius 3 is 2.50 bits per heavy atom. The van der Waals surface area contributed by atoms with Gasteiger partial charge < -0.3 is 15.6 Å². The van der Waals surface area contributed by atoms with E-state index in [1.54, 1.807) is 0 Å². The maximum atomic E-state index is 5.47. The highest BCUT2D eigenvalue weighted by Crippen LogP contribution is 2.22. The van der Waals surface area contributed by atoms with E-state index in [4.69, 9.17) is 5.84 Å². The fraction of sp³-hybridized carbons (Fsp3) is 0.714. The Balaban J connectivity index is 1.88. The third kappa shape index (κ3) is 3.58. The van der Waals surface area contributed by atoms with Crippen molar-refractivity contribution in [1.29, 1.82) is 0 Å². The molecule has 20 heavy (non-hydrogen) atoms. The molecule has 6 heteroatoms. The number of hydrazine groups is 1. The number of hydrogen-bond donors (Lipinski definition) is 3. The molecule has 4 N–H and O–H groups in total. The van der Waals surface area contributed by atoms with Crippen molar-refractivity contribution >= 4 is 11.6 Å². The summed E-state index contributed by atoms with van der Waals surface area (Å²) >= 11 is 0. The van der Waals surface area contributed by atoms with Crippen molar-refractivity contribution in [3.8, 4) is 0 Å². The first-order valence-corrected chi connectivity index (χ1v) is 7.37. The molecule has 1 aliphatic rings. The van der Waals surface area contributed by atoms with Crippen molar-refractivity contribution in [3.05, 3.63) is 11.4 Å². The maximum Gasteiger partial charge on any atom is 0.148 e. The number of nitrogens with two attached hydrogens (primary N) is 1. The van der Waals surface area contributed by atoms with Gasteiger partial charge in [0.15, 0.2) is 0 Å². The first kappa shape index (κ1) is 15.0. The highest BCUT2D eigenvalue weighted by molar-refractivity contribution is 5.56. The van der Waals surface area contributed by atoms with Crippen molar-refractivity contribution in [2.45, 2.75) is 45.6 Å². The van der Waals surface area contributed by atoms with Gasteiger partial charge in [0.05, 0.1) is 0 Å². The number of aryl methyl sites for hydroxylation is 1. The van der Waals surface area contributed by atoms with Crippen LogP contribution in [-0.4, -0.2) is 41.0 Å². The van der Waals surface area contributed by atoms with Crippen LogP contribution in [0.15, 0.2) is 0 Å². The van der Waals surface area contributed by atoms with Crippen LogP contribution in [0.2, 0.25) is 0 Å². The predicted molar refractivity (Wildman–Crippen MR) is 82.7 cm³/mol. The van der Waals surface area contributed by atoms with E-state index in [1.807, 2.05) is 13.8 Å². The normalized spacial score (nSPS) is 15.8. The second-order valence-electron chi connectivity index (χ2n) is 5.58. The summed E-state index contributed by atoms with van der Waals surface area (Å²) in [6.07, 6.45) is 5.42. The van der Waals surface area contributed by atoms with Crippen molar-refractivity contribution in [2.75, 3.05) is 30.9 Å². The van der Waals surface area contributed by atoms with Gasteiger partial charge in [-0.2, -0.15) is 0 Å². The van der Waals surface area contributed by atoms with Gasteiger partial charge in [0.1, 0.15) is 17.5 Å². The van der Waals surface area contributed by atoms with E-state index in [0.717, 1.165) is 36.3 Å². The second kappa shape index (κ2) is 6.85. The summed E-state index contributed by atoms with van der Waals surface area (Å²) in [5.41, 5.74) is 3.58. The average Bonchev–Trinajstić information content (AvgIpc) is 2.96. The SMILES string of the molecule is Cc1nc(NN)c(C)c(NCCN(C)C2CCCC2)n1. The zero-order chi connectivity index (χ0) is 14.5. The lowest BCUT2D eigenvalue weighted by Crippen LogP contribution is -2.33. The minimum absolute atomic E-state index is 0.684. The standard InChI is InChI=1S/C14H26N6/c1-10-13(17-11(2)18-14(10)19-15)16-8-9-20(3)12-6-4-5-7-12/h12H,4-9,15H2,1-3H3,(H2,16,17,18,19). The van der Waals surface area contributed by atoms with Gasteiger partial charge >= 0.3 is 0 Å². The third-order valence-electron chi connectivity index (χ3n) is 4.10. The molecule has 0 spiro atoms. The Labute approximate surface area is 121 Å². The molecule has 1 aliphatic carbocycles. The number of nitrogen functional groups attached to an aromatic ring is 1. The molecule has 0 aliphatic heterocycles. The van der Waals surface area contributed by atoms with Crippen molar-refractivity contribution in [3.63, 3.8) is 0 Å². The molecular weight excluding hydrogens is 252 g/mol. The van der Waals surface area contributed by atoms with Crippen molar-refractivity contribution in [2.24, 2.45) is 5.84 Å². The summed E-state index contributed by atoms with van der Waals surface area (Å²) in [5.74, 6) is 7.74. The number of rotatable bonds is 6. The number of nitrogens with one attached hydrogen (secondary N) is 2. The van der Waals surface area contributed by atoms with Gasteiger partial charge in [-0.05, 0) is 33.7 Å². The predicted octanol–water partition coefficient (Wildman–Crippen LogP) is 1.67. The van der Waals surface area contributed by atoms with Crippen LogP contribution >= 0.6 is 0 Å². The van der Waals surface area contributed by atoms with Crippen molar-refractivity contribution < 1.29 is 0 Å². The van der Waals surface area contributed by atoms with Gasteiger partial charge in [0, 0.05) is 24.7 Å². The summed E-state index contributed by atoms with van der Waals surface area (Å²) in [4.78, 5) is 11.1. The zero-order valence-corrected chi connectivity index (χ0v) is 12.7. The maximum absolute atomic E-state index is 5.47. The smallest absolute Gasteiger partial charge is 0.148 e. The molecule has 1 aromatic rings. The third-order valence-corrected chi connectivity index (χ3v) is 4.10. The summed E-state index contributed by atoms with van der Waals surface area (Å²) < 4.78 is 0. The first-order chi connectivity index (χ1) is 9.61. The molecule has 1 saturated carbocycles. The minimum Gasteiger partial charge on any atom is -0.368 e. The Morgan fingerprint density at radius 1 is 1.20 bits per heavy atom.